The number of halogens is 1. The average Bonchev–Trinajstić information content (AvgIpc) is 3.11. The van der Waals surface area contributed by atoms with E-state index >= 15 is 0 Å². The molecule has 0 spiro atoms. The van der Waals surface area contributed by atoms with Gasteiger partial charge >= 0.3 is 0 Å². The second-order valence-electron chi connectivity index (χ2n) is 6.92. The van der Waals surface area contributed by atoms with Gasteiger partial charge in [0.05, 0.1) is 0 Å². The highest BCUT2D eigenvalue weighted by Gasteiger charge is 2.28. The summed E-state index contributed by atoms with van der Waals surface area (Å²) in [7, 11) is 0. The van der Waals surface area contributed by atoms with Gasteiger partial charge in [-0.3, -0.25) is 14.8 Å². The minimum absolute atomic E-state index is 0.151. The van der Waals surface area contributed by atoms with Crippen LogP contribution in [0.2, 0.25) is 0 Å². The van der Waals surface area contributed by atoms with Gasteiger partial charge in [-0.25, -0.2) is 4.39 Å². The lowest BCUT2D eigenvalue weighted by molar-refractivity contribution is 0.0761. The molecule has 1 amide bonds. The van der Waals surface area contributed by atoms with Crippen molar-refractivity contribution in [1.29, 1.82) is 0 Å². The predicted molar refractivity (Wildman–Crippen MR) is 116 cm³/mol. The zero-order chi connectivity index (χ0) is 21.1. The van der Waals surface area contributed by atoms with Crippen LogP contribution < -0.4 is 0 Å². The standard InChI is InChI=1S/C23H16FN3O.C2H6/c24-21-11-16(15-3-5-18-12-25-9-7-17(18)10-15)4-6-19(21)13-27-14-20-2-1-8-26-22(20)23(27)28;1-2/h1-12H,13-14H2;1-2H3. The lowest BCUT2D eigenvalue weighted by Gasteiger charge is -2.16. The molecule has 2 aromatic carbocycles. The fraction of sp³-hybridized carbons (Fsp3) is 0.160. The number of amides is 1. The van der Waals surface area contributed by atoms with E-state index in [1.165, 1.54) is 6.07 Å². The van der Waals surface area contributed by atoms with Crippen LogP contribution in [-0.4, -0.2) is 20.8 Å². The molecule has 0 unspecified atom stereocenters. The summed E-state index contributed by atoms with van der Waals surface area (Å²) in [6.45, 7) is 4.69. The van der Waals surface area contributed by atoms with E-state index in [0.717, 1.165) is 27.5 Å². The number of aromatic nitrogens is 2. The van der Waals surface area contributed by atoms with Crippen LogP contribution in [-0.2, 0) is 13.1 Å². The van der Waals surface area contributed by atoms with Crippen molar-refractivity contribution in [1.82, 2.24) is 14.9 Å². The third-order valence-electron chi connectivity index (χ3n) is 5.13. The smallest absolute Gasteiger partial charge is 0.273 e. The van der Waals surface area contributed by atoms with Crippen molar-refractivity contribution in [3.8, 4) is 11.1 Å². The van der Waals surface area contributed by atoms with Gasteiger partial charge < -0.3 is 4.90 Å². The molecule has 150 valence electrons. The first-order valence-corrected chi connectivity index (χ1v) is 10.0. The highest BCUT2D eigenvalue weighted by Crippen LogP contribution is 2.28. The van der Waals surface area contributed by atoms with Gasteiger partial charge in [0.25, 0.3) is 5.91 Å². The molecule has 0 saturated carbocycles. The van der Waals surface area contributed by atoms with Gasteiger partial charge in [0.1, 0.15) is 11.5 Å². The molecule has 0 radical (unpaired) electrons. The maximum Gasteiger partial charge on any atom is 0.273 e. The molecule has 5 heteroatoms. The normalized spacial score (nSPS) is 12.5. The Bertz CT molecular complexity index is 1220. The van der Waals surface area contributed by atoms with E-state index in [-0.39, 0.29) is 18.3 Å². The first kappa shape index (κ1) is 19.7. The minimum Gasteiger partial charge on any atom is -0.328 e. The Morgan fingerprint density at radius 2 is 1.77 bits per heavy atom. The number of hydrogen-bond donors (Lipinski definition) is 0. The third-order valence-corrected chi connectivity index (χ3v) is 5.13. The van der Waals surface area contributed by atoms with E-state index in [0.29, 0.717) is 17.8 Å². The van der Waals surface area contributed by atoms with Crippen LogP contribution in [0.3, 0.4) is 0 Å². The predicted octanol–water partition coefficient (Wildman–Crippen LogP) is 5.62. The Kier molecular flexibility index (Phi) is 5.53. The minimum atomic E-state index is -0.316. The molecule has 5 rings (SSSR count). The Morgan fingerprint density at radius 1 is 0.967 bits per heavy atom. The molecule has 0 atom stereocenters. The van der Waals surface area contributed by atoms with E-state index in [9.17, 15) is 9.18 Å². The summed E-state index contributed by atoms with van der Waals surface area (Å²) in [6, 6.07) is 16.8. The quantitative estimate of drug-likeness (QED) is 0.449. The molecule has 2 aromatic heterocycles. The molecular weight excluding hydrogens is 377 g/mol. The largest absolute Gasteiger partial charge is 0.328 e. The zero-order valence-corrected chi connectivity index (χ0v) is 17.0. The molecule has 30 heavy (non-hydrogen) atoms. The molecule has 3 heterocycles. The SMILES string of the molecule is CC.O=C1c2ncccc2CN1Cc1ccc(-c2ccc3cnccc3c2)cc1F. The number of rotatable bonds is 3. The summed E-state index contributed by atoms with van der Waals surface area (Å²) in [5, 5.41) is 2.11. The molecule has 0 N–H and O–H groups in total. The Hall–Kier alpha value is -3.60. The van der Waals surface area contributed by atoms with Crippen LogP contribution in [0, 0.1) is 5.82 Å². The molecule has 1 aliphatic rings. The Balaban J connectivity index is 0.00000106. The second kappa shape index (κ2) is 8.41. The maximum absolute atomic E-state index is 14.8. The van der Waals surface area contributed by atoms with E-state index < -0.39 is 0 Å². The average molecular weight is 399 g/mol. The lowest BCUT2D eigenvalue weighted by Crippen LogP contribution is -2.24. The summed E-state index contributed by atoms with van der Waals surface area (Å²) in [4.78, 5) is 22.3. The van der Waals surface area contributed by atoms with E-state index in [1.807, 2.05) is 62.5 Å². The molecule has 4 nitrogen and oxygen atoms in total. The molecule has 0 saturated heterocycles. The number of fused-ring (bicyclic) bond motifs is 2. The highest BCUT2D eigenvalue weighted by molar-refractivity contribution is 5.96. The zero-order valence-electron chi connectivity index (χ0n) is 17.0. The van der Waals surface area contributed by atoms with Crippen LogP contribution in [0.5, 0.6) is 0 Å². The fourth-order valence-electron chi connectivity index (χ4n) is 3.64. The Morgan fingerprint density at radius 3 is 2.57 bits per heavy atom. The molecule has 0 bridgehead atoms. The van der Waals surface area contributed by atoms with Gasteiger partial charge in [0.15, 0.2) is 0 Å². The van der Waals surface area contributed by atoms with Crippen LogP contribution in [0.15, 0.2) is 73.2 Å². The molecule has 4 aromatic rings. The highest BCUT2D eigenvalue weighted by atomic mass is 19.1. The van der Waals surface area contributed by atoms with E-state index in [2.05, 4.69) is 9.97 Å². The van der Waals surface area contributed by atoms with Gasteiger partial charge in [-0.15, -0.1) is 0 Å². The van der Waals surface area contributed by atoms with Gasteiger partial charge in [0, 0.05) is 48.2 Å². The van der Waals surface area contributed by atoms with Crippen LogP contribution in [0.4, 0.5) is 4.39 Å². The second-order valence-corrected chi connectivity index (χ2v) is 6.92. The van der Waals surface area contributed by atoms with Crippen LogP contribution >= 0.6 is 0 Å². The molecule has 1 aliphatic heterocycles. The van der Waals surface area contributed by atoms with Crippen molar-refractivity contribution in [3.05, 3.63) is 95.8 Å². The number of benzene rings is 2. The molecule has 0 aliphatic carbocycles. The van der Waals surface area contributed by atoms with Crippen molar-refractivity contribution in [2.24, 2.45) is 0 Å². The summed E-state index contributed by atoms with van der Waals surface area (Å²) in [5.74, 6) is -0.466. The van der Waals surface area contributed by atoms with Crippen molar-refractivity contribution in [2.75, 3.05) is 0 Å². The van der Waals surface area contributed by atoms with E-state index in [4.69, 9.17) is 0 Å². The van der Waals surface area contributed by atoms with Crippen molar-refractivity contribution >= 4 is 16.7 Å². The van der Waals surface area contributed by atoms with Crippen LogP contribution in [0.25, 0.3) is 21.9 Å². The third kappa shape index (κ3) is 3.66. The number of pyridine rings is 2. The summed E-state index contributed by atoms with van der Waals surface area (Å²) < 4.78 is 14.8. The maximum atomic E-state index is 14.8. The van der Waals surface area contributed by atoms with Gasteiger partial charge in [-0.1, -0.05) is 44.2 Å². The summed E-state index contributed by atoms with van der Waals surface area (Å²) in [5.41, 5.74) is 3.59. The lowest BCUT2D eigenvalue weighted by atomic mass is 10.0. The number of carbonyl (C=O) groups is 1. The van der Waals surface area contributed by atoms with Crippen molar-refractivity contribution in [3.63, 3.8) is 0 Å². The van der Waals surface area contributed by atoms with Crippen molar-refractivity contribution < 1.29 is 9.18 Å². The number of hydrogen-bond acceptors (Lipinski definition) is 3. The van der Waals surface area contributed by atoms with E-state index in [1.54, 1.807) is 23.4 Å². The summed E-state index contributed by atoms with van der Waals surface area (Å²) in [6.07, 6.45) is 5.16. The molecule has 0 fully saturated rings. The monoisotopic (exact) mass is 399 g/mol. The first-order chi connectivity index (χ1) is 14.7. The first-order valence-electron chi connectivity index (χ1n) is 10.0. The Labute approximate surface area is 175 Å². The van der Waals surface area contributed by atoms with Gasteiger partial charge in [0.2, 0.25) is 0 Å². The number of carbonyl (C=O) groups excluding carboxylic acids is 1. The van der Waals surface area contributed by atoms with Gasteiger partial charge in [-0.05, 0) is 40.8 Å². The summed E-state index contributed by atoms with van der Waals surface area (Å²) >= 11 is 0. The van der Waals surface area contributed by atoms with Crippen molar-refractivity contribution in [2.45, 2.75) is 26.9 Å². The van der Waals surface area contributed by atoms with Crippen LogP contribution in [0.1, 0.15) is 35.5 Å². The van der Waals surface area contributed by atoms with Gasteiger partial charge in [-0.2, -0.15) is 0 Å². The number of nitrogens with zero attached hydrogens (tertiary/aromatic N) is 3. The molecular formula is C25H22FN3O. The fourth-order valence-corrected chi connectivity index (χ4v) is 3.64. The topological polar surface area (TPSA) is 46.1 Å².